The van der Waals surface area contributed by atoms with Gasteiger partial charge >= 0.3 is 0 Å². The van der Waals surface area contributed by atoms with Gasteiger partial charge in [0.15, 0.2) is 0 Å². The van der Waals surface area contributed by atoms with Gasteiger partial charge in [-0.1, -0.05) is 36.9 Å². The Morgan fingerprint density at radius 2 is 1.97 bits per heavy atom. The van der Waals surface area contributed by atoms with Gasteiger partial charge < -0.3 is 14.8 Å². The second-order valence-corrected chi connectivity index (χ2v) is 7.47. The maximum Gasteiger partial charge on any atom is 0.271 e. The highest BCUT2D eigenvalue weighted by atomic mass is 16.2. The number of aromatic nitrogens is 4. The minimum absolute atomic E-state index is 0.110. The molecule has 1 atom stereocenters. The summed E-state index contributed by atoms with van der Waals surface area (Å²) >= 11 is 0. The van der Waals surface area contributed by atoms with E-state index in [1.54, 1.807) is 28.9 Å². The van der Waals surface area contributed by atoms with E-state index in [1.807, 2.05) is 48.1 Å². The van der Waals surface area contributed by atoms with E-state index in [1.165, 1.54) is 0 Å². The number of nitrogens with one attached hydrogen (secondary N) is 1. The minimum Gasteiger partial charge on any atom is -0.346 e. The molecule has 3 aromatic rings. The summed E-state index contributed by atoms with van der Waals surface area (Å²) in [6, 6.07) is 9.36. The molecule has 0 bridgehead atoms. The maximum absolute atomic E-state index is 12.8. The molecule has 1 unspecified atom stereocenters. The Labute approximate surface area is 174 Å². The molecule has 2 amide bonds. The van der Waals surface area contributed by atoms with Gasteiger partial charge in [0, 0.05) is 50.2 Å². The normalized spacial score (nSPS) is 15.5. The summed E-state index contributed by atoms with van der Waals surface area (Å²) in [6.45, 7) is 6.99. The molecule has 2 aromatic heterocycles. The molecule has 0 saturated carbocycles. The highest BCUT2D eigenvalue weighted by Gasteiger charge is 2.34. The SMILES string of the molecule is C=C(C)C(=O)N1CCn2cc(C(=O)NCc3cnn(C)c3)nc2C1c1ccccc1. The topological polar surface area (TPSA) is 85.0 Å². The fourth-order valence-electron chi connectivity index (χ4n) is 3.69. The number of hydrogen-bond donors (Lipinski definition) is 1. The van der Waals surface area contributed by atoms with Crippen molar-refractivity contribution >= 4 is 11.8 Å². The first-order valence-corrected chi connectivity index (χ1v) is 9.78. The number of benzene rings is 1. The van der Waals surface area contributed by atoms with E-state index in [9.17, 15) is 9.59 Å². The van der Waals surface area contributed by atoms with Gasteiger partial charge in [0.2, 0.25) is 5.91 Å². The monoisotopic (exact) mass is 404 g/mol. The van der Waals surface area contributed by atoms with Gasteiger partial charge in [-0.25, -0.2) is 4.98 Å². The fraction of sp³-hybridized carbons (Fsp3) is 0.273. The molecule has 1 N–H and O–H groups in total. The Balaban J connectivity index is 1.63. The number of nitrogens with zero attached hydrogens (tertiary/aromatic N) is 5. The second kappa shape index (κ2) is 7.98. The van der Waals surface area contributed by atoms with Crippen LogP contribution in [-0.2, 0) is 24.9 Å². The van der Waals surface area contributed by atoms with Gasteiger partial charge in [0.25, 0.3) is 5.91 Å². The average Bonchev–Trinajstić information content (AvgIpc) is 3.37. The highest BCUT2D eigenvalue weighted by Crippen LogP contribution is 2.32. The summed E-state index contributed by atoms with van der Waals surface area (Å²) in [6.07, 6.45) is 5.32. The number of rotatable bonds is 5. The highest BCUT2D eigenvalue weighted by molar-refractivity contribution is 5.93. The first-order valence-electron chi connectivity index (χ1n) is 9.78. The lowest BCUT2D eigenvalue weighted by Gasteiger charge is -2.36. The third-order valence-electron chi connectivity index (χ3n) is 5.13. The Hall–Kier alpha value is -3.68. The van der Waals surface area contributed by atoms with Gasteiger partial charge in [-0.3, -0.25) is 14.3 Å². The lowest BCUT2D eigenvalue weighted by molar-refractivity contribution is -0.129. The Morgan fingerprint density at radius 3 is 2.63 bits per heavy atom. The largest absolute Gasteiger partial charge is 0.346 e. The second-order valence-electron chi connectivity index (χ2n) is 7.47. The summed E-state index contributed by atoms with van der Waals surface area (Å²) in [7, 11) is 1.83. The molecular weight excluding hydrogens is 380 g/mol. The van der Waals surface area contributed by atoms with E-state index in [0.717, 1.165) is 11.1 Å². The molecule has 1 aromatic carbocycles. The summed E-state index contributed by atoms with van der Waals surface area (Å²) in [5.74, 6) is 0.305. The zero-order chi connectivity index (χ0) is 21.3. The van der Waals surface area contributed by atoms with Crippen molar-refractivity contribution in [3.05, 3.63) is 83.7 Å². The zero-order valence-corrected chi connectivity index (χ0v) is 17.1. The van der Waals surface area contributed by atoms with Crippen molar-refractivity contribution in [3.63, 3.8) is 0 Å². The quantitative estimate of drug-likeness (QED) is 0.660. The van der Waals surface area contributed by atoms with Crippen LogP contribution in [0.1, 0.15) is 40.4 Å². The molecule has 0 saturated heterocycles. The minimum atomic E-state index is -0.371. The molecule has 154 valence electrons. The molecule has 0 fully saturated rings. The number of aryl methyl sites for hydroxylation is 1. The van der Waals surface area contributed by atoms with Crippen LogP contribution in [0.4, 0.5) is 0 Å². The van der Waals surface area contributed by atoms with Crippen LogP contribution in [0, 0.1) is 0 Å². The van der Waals surface area contributed by atoms with E-state index in [4.69, 9.17) is 0 Å². The number of amides is 2. The molecule has 8 nitrogen and oxygen atoms in total. The third kappa shape index (κ3) is 3.76. The van der Waals surface area contributed by atoms with Crippen molar-refractivity contribution in [1.29, 1.82) is 0 Å². The summed E-state index contributed by atoms with van der Waals surface area (Å²) in [5, 5.41) is 6.99. The lowest BCUT2D eigenvalue weighted by atomic mass is 10.0. The Bertz CT molecular complexity index is 1100. The van der Waals surface area contributed by atoms with Gasteiger partial charge in [0.1, 0.15) is 17.6 Å². The smallest absolute Gasteiger partial charge is 0.271 e. The van der Waals surface area contributed by atoms with Crippen LogP contribution in [0.2, 0.25) is 0 Å². The van der Waals surface area contributed by atoms with Crippen LogP contribution in [0.15, 0.2) is 61.1 Å². The van der Waals surface area contributed by atoms with Gasteiger partial charge in [0.05, 0.1) is 6.20 Å². The number of fused-ring (bicyclic) bond motifs is 1. The van der Waals surface area contributed by atoms with Crippen LogP contribution in [-0.4, -0.2) is 42.6 Å². The van der Waals surface area contributed by atoms with Crippen molar-refractivity contribution in [1.82, 2.24) is 29.5 Å². The summed E-state index contributed by atoms with van der Waals surface area (Å²) in [4.78, 5) is 31.9. The summed E-state index contributed by atoms with van der Waals surface area (Å²) in [5.41, 5.74) is 2.67. The van der Waals surface area contributed by atoms with Gasteiger partial charge in [-0.15, -0.1) is 0 Å². The fourth-order valence-corrected chi connectivity index (χ4v) is 3.69. The first-order chi connectivity index (χ1) is 14.4. The molecule has 3 heterocycles. The molecule has 8 heteroatoms. The molecule has 1 aliphatic rings. The van der Waals surface area contributed by atoms with Crippen molar-refractivity contribution in [3.8, 4) is 0 Å². The Kier molecular flexibility index (Phi) is 5.22. The summed E-state index contributed by atoms with van der Waals surface area (Å²) < 4.78 is 3.65. The van der Waals surface area contributed by atoms with Crippen LogP contribution in [0.3, 0.4) is 0 Å². The van der Waals surface area contributed by atoms with Crippen molar-refractivity contribution in [2.45, 2.75) is 26.1 Å². The maximum atomic E-state index is 12.8. The van der Waals surface area contributed by atoms with E-state index >= 15 is 0 Å². The van der Waals surface area contributed by atoms with Crippen LogP contribution in [0.5, 0.6) is 0 Å². The lowest BCUT2D eigenvalue weighted by Crippen LogP contribution is -2.43. The first kappa shape index (κ1) is 19.6. The van der Waals surface area contributed by atoms with Crippen LogP contribution >= 0.6 is 0 Å². The average molecular weight is 404 g/mol. The molecule has 0 aliphatic carbocycles. The molecule has 4 rings (SSSR count). The molecular formula is C22H24N6O2. The number of carbonyl (C=O) groups is 2. The van der Waals surface area contributed by atoms with Crippen molar-refractivity contribution in [2.24, 2.45) is 7.05 Å². The van der Waals surface area contributed by atoms with Crippen LogP contribution in [0.25, 0.3) is 0 Å². The van der Waals surface area contributed by atoms with E-state index in [2.05, 4.69) is 22.0 Å². The third-order valence-corrected chi connectivity index (χ3v) is 5.13. The van der Waals surface area contributed by atoms with E-state index in [0.29, 0.717) is 36.7 Å². The number of imidazole rings is 1. The zero-order valence-electron chi connectivity index (χ0n) is 17.1. The number of carbonyl (C=O) groups excluding carboxylic acids is 2. The van der Waals surface area contributed by atoms with E-state index < -0.39 is 0 Å². The standard InChI is InChI=1S/C22H24N6O2/c1-15(2)22(30)28-10-9-27-14-18(21(29)23-11-16-12-24-26(3)13-16)25-20(27)19(28)17-7-5-4-6-8-17/h4-8,12-14,19H,1,9-11H2,2-3H3,(H,23,29). The predicted octanol–water partition coefficient (Wildman–Crippen LogP) is 2.05. The Morgan fingerprint density at radius 1 is 1.20 bits per heavy atom. The molecule has 30 heavy (non-hydrogen) atoms. The van der Waals surface area contributed by atoms with E-state index in [-0.39, 0.29) is 17.9 Å². The van der Waals surface area contributed by atoms with Gasteiger partial charge in [-0.2, -0.15) is 5.10 Å². The van der Waals surface area contributed by atoms with Crippen molar-refractivity contribution < 1.29 is 9.59 Å². The molecule has 0 spiro atoms. The van der Waals surface area contributed by atoms with Crippen molar-refractivity contribution in [2.75, 3.05) is 6.54 Å². The molecule has 0 radical (unpaired) electrons. The molecule has 1 aliphatic heterocycles. The van der Waals surface area contributed by atoms with Crippen LogP contribution < -0.4 is 5.32 Å². The predicted molar refractivity (Wildman–Crippen MR) is 111 cm³/mol. The van der Waals surface area contributed by atoms with Gasteiger partial charge in [-0.05, 0) is 12.5 Å². The number of hydrogen-bond acceptors (Lipinski definition) is 4.